The number of allylic oxidation sites excluding steroid dienone is 1. The maximum absolute atomic E-state index is 2.63. The van der Waals surface area contributed by atoms with Gasteiger partial charge in [0.1, 0.15) is 0 Å². The molecule has 0 saturated carbocycles. The van der Waals surface area contributed by atoms with Crippen LogP contribution in [0, 0.1) is 5.92 Å². The molecule has 0 aromatic heterocycles. The van der Waals surface area contributed by atoms with Crippen LogP contribution in [0.3, 0.4) is 0 Å². The molecule has 0 radical (unpaired) electrons. The number of hydrogen-bond acceptors (Lipinski definition) is 0. The molecule has 0 atom stereocenters. The van der Waals surface area contributed by atoms with Crippen molar-refractivity contribution in [2.45, 2.75) is 61.1 Å². The van der Waals surface area contributed by atoms with Gasteiger partial charge in [-0.2, -0.15) is 0 Å². The van der Waals surface area contributed by atoms with E-state index in [1.54, 1.807) is 0 Å². The van der Waals surface area contributed by atoms with Gasteiger partial charge in [0, 0.05) is 0 Å². The van der Waals surface area contributed by atoms with Crippen molar-refractivity contribution in [1.29, 1.82) is 0 Å². The molecule has 0 aliphatic heterocycles. The molecule has 0 N–H and O–H groups in total. The Balaban J connectivity index is 4.67. The SMILES string of the molecule is CC(C)CC/C=[C](\[Si](C)(C)C)[Sn]([CH3])([CH3])[CH3]. The summed E-state index contributed by atoms with van der Waals surface area (Å²) in [5.41, 5.74) is 0. The summed E-state index contributed by atoms with van der Waals surface area (Å²) in [6.45, 7) is 12.2. The van der Waals surface area contributed by atoms with Gasteiger partial charge in [0.15, 0.2) is 0 Å². The van der Waals surface area contributed by atoms with Crippen LogP contribution < -0.4 is 0 Å². The summed E-state index contributed by atoms with van der Waals surface area (Å²) in [7, 11) is -1.04. The van der Waals surface area contributed by atoms with E-state index in [4.69, 9.17) is 0 Å². The Kier molecular flexibility index (Phi) is 6.20. The van der Waals surface area contributed by atoms with E-state index < -0.39 is 26.5 Å². The van der Waals surface area contributed by atoms with Gasteiger partial charge < -0.3 is 0 Å². The van der Waals surface area contributed by atoms with Gasteiger partial charge in [0.25, 0.3) is 0 Å². The summed E-state index contributed by atoms with van der Waals surface area (Å²) >= 11 is -1.81. The second-order valence-electron chi connectivity index (χ2n) is 7.09. The summed E-state index contributed by atoms with van der Waals surface area (Å²) < 4.78 is 1.94. The predicted molar refractivity (Wildman–Crippen MR) is 78.8 cm³/mol. The van der Waals surface area contributed by atoms with Crippen LogP contribution in [-0.2, 0) is 0 Å². The molecule has 0 saturated heterocycles. The average molecular weight is 333 g/mol. The van der Waals surface area contributed by atoms with Gasteiger partial charge in [-0.25, -0.2) is 0 Å². The Bertz CT molecular complexity index is 200. The van der Waals surface area contributed by atoms with Gasteiger partial charge in [-0.15, -0.1) is 0 Å². The Labute approximate surface area is 102 Å². The van der Waals surface area contributed by atoms with Crippen LogP contribution in [0.2, 0.25) is 34.5 Å². The first-order chi connectivity index (χ1) is 6.55. The van der Waals surface area contributed by atoms with Crippen molar-refractivity contribution in [3.63, 3.8) is 0 Å². The molecule has 0 nitrogen and oxygen atoms in total. The summed E-state index contributed by atoms with van der Waals surface area (Å²) in [5.74, 6) is 0.847. The van der Waals surface area contributed by atoms with Gasteiger partial charge in [-0.1, -0.05) is 0 Å². The molecule has 0 aliphatic rings. The van der Waals surface area contributed by atoms with Crippen LogP contribution in [-0.4, -0.2) is 26.5 Å². The van der Waals surface area contributed by atoms with E-state index >= 15 is 0 Å². The summed E-state index contributed by atoms with van der Waals surface area (Å²) in [5, 5.41) is 0. The molecule has 15 heavy (non-hydrogen) atoms. The van der Waals surface area contributed by atoms with Crippen LogP contribution >= 0.6 is 0 Å². The van der Waals surface area contributed by atoms with Crippen LogP contribution in [0.15, 0.2) is 9.29 Å². The third-order valence-electron chi connectivity index (χ3n) is 2.71. The van der Waals surface area contributed by atoms with Gasteiger partial charge >= 0.3 is 103 Å². The standard InChI is InChI=1S/C10H21Si.3CH3.Sn/c1-10(2)8-6-7-9-11(3,4)5;;;;/h7,10H,6,8H2,1-5H3;3*1H3;. The van der Waals surface area contributed by atoms with Crippen LogP contribution in [0.25, 0.3) is 0 Å². The maximum atomic E-state index is 2.63. The van der Waals surface area contributed by atoms with Crippen LogP contribution in [0.1, 0.15) is 26.7 Å². The molecule has 0 aromatic rings. The molecule has 0 rings (SSSR count). The third kappa shape index (κ3) is 6.82. The van der Waals surface area contributed by atoms with Crippen molar-refractivity contribution >= 4 is 26.5 Å². The molecule has 0 amide bonds. The molecule has 0 spiro atoms. The number of hydrogen-bond donors (Lipinski definition) is 0. The van der Waals surface area contributed by atoms with Crippen molar-refractivity contribution in [3.05, 3.63) is 9.29 Å². The van der Waals surface area contributed by atoms with E-state index in [2.05, 4.69) is 54.4 Å². The second kappa shape index (κ2) is 5.90. The summed E-state index contributed by atoms with van der Waals surface area (Å²) in [6.07, 6.45) is 5.30. The summed E-state index contributed by atoms with van der Waals surface area (Å²) in [4.78, 5) is 7.69. The van der Waals surface area contributed by atoms with Crippen molar-refractivity contribution < 1.29 is 0 Å². The summed E-state index contributed by atoms with van der Waals surface area (Å²) in [6, 6.07) is 0. The zero-order valence-corrected chi connectivity index (χ0v) is 15.9. The average Bonchev–Trinajstić information content (AvgIpc) is 1.92. The molecular formula is C13H30SiSn. The van der Waals surface area contributed by atoms with Crippen molar-refractivity contribution in [2.24, 2.45) is 5.92 Å². The molecule has 90 valence electrons. The van der Waals surface area contributed by atoms with Gasteiger partial charge in [-0.3, -0.25) is 0 Å². The first-order valence-electron chi connectivity index (χ1n) is 6.26. The molecule has 0 aromatic carbocycles. The molecule has 0 aliphatic carbocycles. The number of rotatable bonds is 5. The zero-order chi connectivity index (χ0) is 12.3. The molecule has 0 heterocycles. The first-order valence-corrected chi connectivity index (χ1v) is 19.7. The minimum absolute atomic E-state index is 0.847. The van der Waals surface area contributed by atoms with E-state index in [0.29, 0.717) is 0 Å². The predicted octanol–water partition coefficient (Wildman–Crippen LogP) is 5.10. The normalized spacial score (nSPS) is 14.9. The van der Waals surface area contributed by atoms with Crippen molar-refractivity contribution in [3.8, 4) is 0 Å². The van der Waals surface area contributed by atoms with Gasteiger partial charge in [0.2, 0.25) is 0 Å². The first kappa shape index (κ1) is 15.8. The van der Waals surface area contributed by atoms with E-state index in [0.717, 1.165) is 5.92 Å². The fraction of sp³-hybridized carbons (Fsp3) is 0.846. The van der Waals surface area contributed by atoms with Gasteiger partial charge in [-0.05, 0) is 0 Å². The Morgan fingerprint density at radius 3 is 1.87 bits per heavy atom. The molecule has 2 heteroatoms. The second-order valence-corrected chi connectivity index (χ2v) is 27.9. The minimum atomic E-state index is -1.81. The molecular weight excluding hydrogens is 303 g/mol. The Morgan fingerprint density at radius 1 is 1.13 bits per heavy atom. The van der Waals surface area contributed by atoms with Crippen molar-refractivity contribution in [1.82, 2.24) is 0 Å². The molecule has 0 unspecified atom stereocenters. The fourth-order valence-corrected chi connectivity index (χ4v) is 26.7. The van der Waals surface area contributed by atoms with E-state index in [1.165, 1.54) is 12.8 Å². The molecule has 0 fully saturated rings. The fourth-order valence-electron chi connectivity index (χ4n) is 2.30. The Hall–Kier alpha value is 0.756. The third-order valence-corrected chi connectivity index (χ3v) is 21.2. The van der Waals surface area contributed by atoms with E-state index in [1.807, 2.05) is 3.21 Å². The van der Waals surface area contributed by atoms with E-state index in [-0.39, 0.29) is 0 Å². The Morgan fingerprint density at radius 2 is 1.60 bits per heavy atom. The van der Waals surface area contributed by atoms with Crippen LogP contribution in [0.5, 0.6) is 0 Å². The topological polar surface area (TPSA) is 0 Å². The zero-order valence-electron chi connectivity index (χ0n) is 12.1. The van der Waals surface area contributed by atoms with Gasteiger partial charge in [0.05, 0.1) is 0 Å². The van der Waals surface area contributed by atoms with Crippen LogP contribution in [0.4, 0.5) is 0 Å². The van der Waals surface area contributed by atoms with Crippen molar-refractivity contribution in [2.75, 3.05) is 0 Å². The van der Waals surface area contributed by atoms with E-state index in [9.17, 15) is 0 Å². The monoisotopic (exact) mass is 334 g/mol. The quantitative estimate of drug-likeness (QED) is 0.614. The molecule has 0 bridgehead atoms.